The summed E-state index contributed by atoms with van der Waals surface area (Å²) < 4.78 is 0. The van der Waals surface area contributed by atoms with Crippen LogP contribution in [0.25, 0.3) is 0 Å². The number of nitrogens with one attached hydrogen (secondary N) is 2. The van der Waals surface area contributed by atoms with Crippen molar-refractivity contribution < 1.29 is 0 Å². The first-order valence-electron chi connectivity index (χ1n) is 6.24. The molecule has 0 fully saturated rings. The van der Waals surface area contributed by atoms with Gasteiger partial charge in [0.15, 0.2) is 0 Å². The molecule has 0 aliphatic heterocycles. The molecule has 0 saturated carbocycles. The lowest BCUT2D eigenvalue weighted by atomic mass is 10.1. The maximum absolute atomic E-state index is 5.38. The summed E-state index contributed by atoms with van der Waals surface area (Å²) in [5.74, 6) is 5.38. The number of hydrogen-bond acceptors (Lipinski definition) is 3. The Balaban J connectivity index is 3.33. The van der Waals surface area contributed by atoms with Crippen LogP contribution in [0.5, 0.6) is 0 Å². The molecule has 0 aliphatic carbocycles. The van der Waals surface area contributed by atoms with Gasteiger partial charge >= 0.3 is 0 Å². The third kappa shape index (κ3) is 9.60. The standard InChI is InChI=1S/C12H27N3/c1-3-5-6-7-8-10-14-11-12(15-13)9-4-2/h11,14-15H,3-10,13H2,1-2H3/b12-11-. The Labute approximate surface area is 94.5 Å². The number of nitrogens with two attached hydrogens (primary N) is 1. The maximum Gasteiger partial charge on any atom is 0.0415 e. The van der Waals surface area contributed by atoms with E-state index >= 15 is 0 Å². The normalized spacial score (nSPS) is 11.5. The SMILES string of the molecule is CCCCCCCN/C=C(/CCC)NN. The summed E-state index contributed by atoms with van der Waals surface area (Å²) in [7, 11) is 0. The molecule has 0 spiro atoms. The molecule has 90 valence electrons. The van der Waals surface area contributed by atoms with E-state index in [1.54, 1.807) is 0 Å². The van der Waals surface area contributed by atoms with Gasteiger partial charge in [0, 0.05) is 18.4 Å². The molecule has 0 heterocycles. The zero-order valence-electron chi connectivity index (χ0n) is 10.3. The highest BCUT2D eigenvalue weighted by atomic mass is 15.2. The van der Waals surface area contributed by atoms with E-state index < -0.39 is 0 Å². The molecule has 3 nitrogen and oxygen atoms in total. The van der Waals surface area contributed by atoms with E-state index in [-0.39, 0.29) is 0 Å². The average molecular weight is 213 g/mol. The third-order valence-corrected chi connectivity index (χ3v) is 2.41. The molecule has 0 aromatic carbocycles. The Morgan fingerprint density at radius 2 is 1.80 bits per heavy atom. The molecule has 4 N–H and O–H groups in total. The van der Waals surface area contributed by atoms with Crippen LogP contribution in [0.3, 0.4) is 0 Å². The fourth-order valence-electron chi connectivity index (χ4n) is 1.48. The van der Waals surface area contributed by atoms with E-state index in [0.29, 0.717) is 0 Å². The number of unbranched alkanes of at least 4 members (excludes halogenated alkanes) is 4. The maximum atomic E-state index is 5.38. The van der Waals surface area contributed by atoms with Crippen LogP contribution >= 0.6 is 0 Å². The minimum atomic E-state index is 1.01. The molecular weight excluding hydrogens is 186 g/mol. The van der Waals surface area contributed by atoms with Gasteiger partial charge in [-0.3, -0.25) is 5.84 Å². The van der Waals surface area contributed by atoms with Crippen molar-refractivity contribution in [3.8, 4) is 0 Å². The highest BCUT2D eigenvalue weighted by Crippen LogP contribution is 2.01. The first-order chi connectivity index (χ1) is 7.35. The Kier molecular flexibility index (Phi) is 10.8. The number of hydrogen-bond donors (Lipinski definition) is 3. The molecule has 0 amide bonds. The van der Waals surface area contributed by atoms with Crippen LogP contribution in [0.2, 0.25) is 0 Å². The summed E-state index contributed by atoms with van der Waals surface area (Å²) in [5, 5.41) is 3.29. The number of rotatable bonds is 10. The molecule has 0 aliphatic rings. The molecule has 0 atom stereocenters. The topological polar surface area (TPSA) is 50.1 Å². The van der Waals surface area contributed by atoms with Gasteiger partial charge in [-0.15, -0.1) is 0 Å². The molecule has 0 aromatic rings. The fraction of sp³-hybridized carbons (Fsp3) is 0.833. The van der Waals surface area contributed by atoms with E-state index in [1.165, 1.54) is 32.1 Å². The van der Waals surface area contributed by atoms with Crippen LogP contribution in [0.15, 0.2) is 11.9 Å². The van der Waals surface area contributed by atoms with Crippen molar-refractivity contribution in [3.05, 3.63) is 11.9 Å². The Hall–Kier alpha value is -0.700. The van der Waals surface area contributed by atoms with Gasteiger partial charge in [0.25, 0.3) is 0 Å². The Morgan fingerprint density at radius 3 is 2.40 bits per heavy atom. The van der Waals surface area contributed by atoms with Crippen molar-refractivity contribution in [3.63, 3.8) is 0 Å². The lowest BCUT2D eigenvalue weighted by Gasteiger charge is -2.06. The van der Waals surface area contributed by atoms with Gasteiger partial charge in [0.1, 0.15) is 0 Å². The highest BCUT2D eigenvalue weighted by molar-refractivity contribution is 4.95. The second kappa shape index (κ2) is 11.4. The van der Waals surface area contributed by atoms with E-state index in [1.807, 2.05) is 6.20 Å². The molecular formula is C12H27N3. The second-order valence-electron chi connectivity index (χ2n) is 3.93. The molecule has 0 aromatic heterocycles. The number of hydrazine groups is 1. The molecule has 0 rings (SSSR count). The Morgan fingerprint density at radius 1 is 1.07 bits per heavy atom. The smallest absolute Gasteiger partial charge is 0.0415 e. The van der Waals surface area contributed by atoms with Crippen molar-refractivity contribution in [2.24, 2.45) is 5.84 Å². The summed E-state index contributed by atoms with van der Waals surface area (Å²) >= 11 is 0. The zero-order valence-corrected chi connectivity index (χ0v) is 10.3. The van der Waals surface area contributed by atoms with Gasteiger partial charge in [-0.25, -0.2) is 0 Å². The van der Waals surface area contributed by atoms with E-state index in [9.17, 15) is 0 Å². The lowest BCUT2D eigenvalue weighted by molar-refractivity contribution is 0.615. The predicted molar refractivity (Wildman–Crippen MR) is 67.1 cm³/mol. The largest absolute Gasteiger partial charge is 0.389 e. The lowest BCUT2D eigenvalue weighted by Crippen LogP contribution is -2.23. The molecule has 0 radical (unpaired) electrons. The first-order valence-corrected chi connectivity index (χ1v) is 6.24. The van der Waals surface area contributed by atoms with Gasteiger partial charge in [-0.2, -0.15) is 0 Å². The van der Waals surface area contributed by atoms with Crippen LogP contribution in [0.1, 0.15) is 58.8 Å². The van der Waals surface area contributed by atoms with Crippen molar-refractivity contribution in [2.75, 3.05) is 6.54 Å². The second-order valence-corrected chi connectivity index (χ2v) is 3.93. The van der Waals surface area contributed by atoms with Crippen molar-refractivity contribution in [1.82, 2.24) is 10.7 Å². The highest BCUT2D eigenvalue weighted by Gasteiger charge is 1.91. The van der Waals surface area contributed by atoms with Gasteiger partial charge in [0.05, 0.1) is 0 Å². The van der Waals surface area contributed by atoms with Crippen molar-refractivity contribution in [2.45, 2.75) is 58.8 Å². The minimum absolute atomic E-state index is 1.01. The van der Waals surface area contributed by atoms with Gasteiger partial charge in [0.2, 0.25) is 0 Å². The third-order valence-electron chi connectivity index (χ3n) is 2.41. The molecule has 15 heavy (non-hydrogen) atoms. The van der Waals surface area contributed by atoms with Gasteiger partial charge in [-0.1, -0.05) is 46.0 Å². The number of allylic oxidation sites excluding steroid dienone is 1. The minimum Gasteiger partial charge on any atom is -0.389 e. The van der Waals surface area contributed by atoms with Crippen LogP contribution in [0, 0.1) is 0 Å². The zero-order chi connectivity index (χ0) is 11.4. The van der Waals surface area contributed by atoms with Crippen LogP contribution < -0.4 is 16.6 Å². The first kappa shape index (κ1) is 14.3. The average Bonchev–Trinajstić information content (AvgIpc) is 2.26. The molecule has 3 heteroatoms. The summed E-state index contributed by atoms with van der Waals surface area (Å²) in [6.45, 7) is 5.44. The van der Waals surface area contributed by atoms with E-state index in [2.05, 4.69) is 24.6 Å². The van der Waals surface area contributed by atoms with Gasteiger partial charge in [-0.05, 0) is 12.8 Å². The molecule has 0 saturated heterocycles. The summed E-state index contributed by atoms with van der Waals surface area (Å²) in [6.07, 6.45) is 10.7. The predicted octanol–water partition coefficient (Wildman–Crippen LogP) is 2.65. The summed E-state index contributed by atoms with van der Waals surface area (Å²) in [4.78, 5) is 0. The van der Waals surface area contributed by atoms with Crippen LogP contribution in [-0.4, -0.2) is 6.54 Å². The summed E-state index contributed by atoms with van der Waals surface area (Å²) in [6, 6.07) is 0. The van der Waals surface area contributed by atoms with Gasteiger partial charge < -0.3 is 10.7 Å². The quantitative estimate of drug-likeness (QED) is 0.297. The van der Waals surface area contributed by atoms with Crippen molar-refractivity contribution >= 4 is 0 Å². The van der Waals surface area contributed by atoms with Crippen LogP contribution in [-0.2, 0) is 0 Å². The molecule has 0 bridgehead atoms. The van der Waals surface area contributed by atoms with Crippen LogP contribution in [0.4, 0.5) is 0 Å². The Bertz CT molecular complexity index is 155. The fourth-order valence-corrected chi connectivity index (χ4v) is 1.48. The van der Waals surface area contributed by atoms with Crippen molar-refractivity contribution in [1.29, 1.82) is 0 Å². The monoisotopic (exact) mass is 213 g/mol. The molecule has 0 unspecified atom stereocenters. The van der Waals surface area contributed by atoms with E-state index in [4.69, 9.17) is 5.84 Å². The summed E-state index contributed by atoms with van der Waals surface area (Å²) in [5.41, 5.74) is 3.80. The van der Waals surface area contributed by atoms with E-state index in [0.717, 1.165) is 25.1 Å².